The average molecular weight is 204 g/mol. The number of nitrogens with one attached hydrogen (secondary N) is 1. The van der Waals surface area contributed by atoms with Gasteiger partial charge in [-0.05, 0) is 43.9 Å². The van der Waals surface area contributed by atoms with Crippen LogP contribution in [0.1, 0.15) is 36.6 Å². The highest BCUT2D eigenvalue weighted by Gasteiger charge is 2.18. The lowest BCUT2D eigenvalue weighted by Crippen LogP contribution is -2.35. The lowest BCUT2D eigenvalue weighted by molar-refractivity contribution is 0.453. The zero-order valence-electron chi connectivity index (χ0n) is 9.71. The third kappa shape index (κ3) is 2.57. The van der Waals surface area contributed by atoms with Crippen LogP contribution in [0.5, 0.6) is 0 Å². The highest BCUT2D eigenvalue weighted by Crippen LogP contribution is 2.20. The van der Waals surface area contributed by atoms with Crippen molar-refractivity contribution in [3.8, 4) is 0 Å². The normalized spacial score (nSPS) is 20.0. The molecule has 1 unspecified atom stereocenters. The van der Waals surface area contributed by atoms with Crippen LogP contribution in [0.4, 0.5) is 0 Å². The average Bonchev–Trinajstić information content (AvgIpc) is 2.26. The van der Waals surface area contributed by atoms with Crippen molar-refractivity contribution in [2.24, 2.45) is 0 Å². The molecular weight excluding hydrogens is 184 g/mol. The summed E-state index contributed by atoms with van der Waals surface area (Å²) >= 11 is 0. The lowest BCUT2D eigenvalue weighted by Gasteiger charge is -2.24. The maximum absolute atomic E-state index is 4.54. The van der Waals surface area contributed by atoms with Crippen molar-refractivity contribution < 1.29 is 0 Å². The molecule has 0 aliphatic heterocycles. The van der Waals surface area contributed by atoms with Gasteiger partial charge in [-0.1, -0.05) is 13.0 Å². The van der Waals surface area contributed by atoms with Gasteiger partial charge < -0.3 is 5.32 Å². The topological polar surface area (TPSA) is 24.9 Å². The van der Waals surface area contributed by atoms with E-state index in [1.54, 1.807) is 0 Å². The molecule has 1 heterocycles. The molecule has 2 nitrogen and oxygen atoms in total. The number of nitrogens with zero attached hydrogens (tertiary/aromatic N) is 1. The molecule has 82 valence electrons. The van der Waals surface area contributed by atoms with Crippen molar-refractivity contribution in [2.75, 3.05) is 6.54 Å². The molecule has 0 saturated heterocycles. The van der Waals surface area contributed by atoms with E-state index in [-0.39, 0.29) is 0 Å². The Morgan fingerprint density at radius 3 is 3.20 bits per heavy atom. The van der Waals surface area contributed by atoms with Crippen LogP contribution in [0, 0.1) is 6.92 Å². The van der Waals surface area contributed by atoms with Crippen LogP contribution in [0.2, 0.25) is 0 Å². The van der Waals surface area contributed by atoms with Gasteiger partial charge in [-0.3, -0.25) is 4.98 Å². The number of rotatable bonds is 3. The van der Waals surface area contributed by atoms with Crippen LogP contribution in [-0.2, 0) is 12.8 Å². The summed E-state index contributed by atoms with van der Waals surface area (Å²) < 4.78 is 0. The standard InChI is InChI=1S/C13H20N2/c1-3-6-14-12-5-4-11-7-10(2)9-15-13(11)8-12/h7,9,12,14H,3-6,8H2,1-2H3. The Labute approximate surface area is 92.1 Å². The fourth-order valence-corrected chi connectivity index (χ4v) is 2.25. The zero-order valence-corrected chi connectivity index (χ0v) is 9.71. The molecule has 1 aliphatic carbocycles. The van der Waals surface area contributed by atoms with E-state index in [1.807, 2.05) is 6.20 Å². The van der Waals surface area contributed by atoms with E-state index in [0.717, 1.165) is 13.0 Å². The molecule has 2 heteroatoms. The molecule has 15 heavy (non-hydrogen) atoms. The Kier molecular flexibility index (Phi) is 3.37. The SMILES string of the molecule is CCCNC1CCc2cc(C)cnc2C1. The summed E-state index contributed by atoms with van der Waals surface area (Å²) in [5.74, 6) is 0. The number of hydrogen-bond donors (Lipinski definition) is 1. The maximum atomic E-state index is 4.54. The minimum atomic E-state index is 0.646. The molecule has 1 aromatic rings. The van der Waals surface area contributed by atoms with E-state index in [9.17, 15) is 0 Å². The van der Waals surface area contributed by atoms with Gasteiger partial charge in [0, 0.05) is 24.4 Å². The van der Waals surface area contributed by atoms with Crippen LogP contribution in [0.3, 0.4) is 0 Å². The van der Waals surface area contributed by atoms with Crippen LogP contribution in [-0.4, -0.2) is 17.6 Å². The van der Waals surface area contributed by atoms with Crippen molar-refractivity contribution in [1.29, 1.82) is 0 Å². The van der Waals surface area contributed by atoms with E-state index in [0.29, 0.717) is 6.04 Å². The molecule has 0 radical (unpaired) electrons. The second kappa shape index (κ2) is 4.75. The second-order valence-corrected chi connectivity index (χ2v) is 4.51. The van der Waals surface area contributed by atoms with Crippen LogP contribution in [0.15, 0.2) is 12.3 Å². The van der Waals surface area contributed by atoms with Gasteiger partial charge in [0.2, 0.25) is 0 Å². The maximum Gasteiger partial charge on any atom is 0.0451 e. The highest BCUT2D eigenvalue weighted by atomic mass is 14.9. The quantitative estimate of drug-likeness (QED) is 0.817. The molecule has 0 bridgehead atoms. The Balaban J connectivity index is 2.03. The summed E-state index contributed by atoms with van der Waals surface area (Å²) in [5.41, 5.74) is 4.05. The minimum absolute atomic E-state index is 0.646. The predicted octanol–water partition coefficient (Wildman–Crippen LogP) is 2.25. The third-order valence-electron chi connectivity index (χ3n) is 3.08. The molecule has 0 saturated carbocycles. The van der Waals surface area contributed by atoms with E-state index < -0.39 is 0 Å². The predicted molar refractivity (Wildman–Crippen MR) is 63.1 cm³/mol. The van der Waals surface area contributed by atoms with Gasteiger partial charge in [0.1, 0.15) is 0 Å². The van der Waals surface area contributed by atoms with Crippen molar-refractivity contribution in [2.45, 2.75) is 45.6 Å². The number of hydrogen-bond acceptors (Lipinski definition) is 2. The fourth-order valence-electron chi connectivity index (χ4n) is 2.25. The Morgan fingerprint density at radius 2 is 2.40 bits per heavy atom. The van der Waals surface area contributed by atoms with Gasteiger partial charge >= 0.3 is 0 Å². The molecule has 2 rings (SSSR count). The zero-order chi connectivity index (χ0) is 10.7. The molecule has 1 aromatic heterocycles. The van der Waals surface area contributed by atoms with Gasteiger partial charge in [-0.2, -0.15) is 0 Å². The summed E-state index contributed by atoms with van der Waals surface area (Å²) in [6.07, 6.45) is 6.75. The molecule has 1 N–H and O–H groups in total. The largest absolute Gasteiger partial charge is 0.314 e. The van der Waals surface area contributed by atoms with Gasteiger partial charge in [0.05, 0.1) is 0 Å². The first-order chi connectivity index (χ1) is 7.29. The number of pyridine rings is 1. The number of aryl methyl sites for hydroxylation is 2. The summed E-state index contributed by atoms with van der Waals surface area (Å²) in [4.78, 5) is 4.54. The molecular formula is C13H20N2. The third-order valence-corrected chi connectivity index (χ3v) is 3.08. The van der Waals surface area contributed by atoms with Gasteiger partial charge in [0.15, 0.2) is 0 Å². The number of fused-ring (bicyclic) bond motifs is 1. The monoisotopic (exact) mass is 204 g/mol. The van der Waals surface area contributed by atoms with Gasteiger partial charge in [0.25, 0.3) is 0 Å². The van der Waals surface area contributed by atoms with Crippen molar-refractivity contribution in [1.82, 2.24) is 10.3 Å². The van der Waals surface area contributed by atoms with Crippen molar-refractivity contribution in [3.63, 3.8) is 0 Å². The van der Waals surface area contributed by atoms with E-state index in [1.165, 1.54) is 36.1 Å². The van der Waals surface area contributed by atoms with E-state index >= 15 is 0 Å². The van der Waals surface area contributed by atoms with Crippen molar-refractivity contribution in [3.05, 3.63) is 29.1 Å². The molecule has 0 fully saturated rings. The summed E-state index contributed by atoms with van der Waals surface area (Å²) in [6, 6.07) is 2.94. The molecule has 0 amide bonds. The second-order valence-electron chi connectivity index (χ2n) is 4.51. The summed E-state index contributed by atoms with van der Waals surface area (Å²) in [7, 11) is 0. The van der Waals surface area contributed by atoms with Crippen LogP contribution < -0.4 is 5.32 Å². The Morgan fingerprint density at radius 1 is 1.53 bits per heavy atom. The first-order valence-corrected chi connectivity index (χ1v) is 5.97. The van der Waals surface area contributed by atoms with Crippen molar-refractivity contribution >= 4 is 0 Å². The van der Waals surface area contributed by atoms with Crippen LogP contribution in [0.25, 0.3) is 0 Å². The highest BCUT2D eigenvalue weighted by molar-refractivity contribution is 5.27. The van der Waals surface area contributed by atoms with Gasteiger partial charge in [-0.15, -0.1) is 0 Å². The Hall–Kier alpha value is -0.890. The molecule has 1 atom stereocenters. The summed E-state index contributed by atoms with van der Waals surface area (Å²) in [5, 5.41) is 3.59. The molecule has 1 aliphatic rings. The minimum Gasteiger partial charge on any atom is -0.314 e. The fraction of sp³-hybridized carbons (Fsp3) is 0.615. The molecule has 0 spiro atoms. The first-order valence-electron chi connectivity index (χ1n) is 5.97. The molecule has 0 aromatic carbocycles. The number of aromatic nitrogens is 1. The van der Waals surface area contributed by atoms with E-state index in [4.69, 9.17) is 0 Å². The Bertz CT molecular complexity index is 333. The summed E-state index contributed by atoms with van der Waals surface area (Å²) in [6.45, 7) is 5.46. The lowest BCUT2D eigenvalue weighted by atomic mass is 9.91. The van der Waals surface area contributed by atoms with Crippen LogP contribution >= 0.6 is 0 Å². The van der Waals surface area contributed by atoms with Gasteiger partial charge in [-0.25, -0.2) is 0 Å². The first kappa shape index (κ1) is 10.6. The smallest absolute Gasteiger partial charge is 0.0451 e. The van der Waals surface area contributed by atoms with E-state index in [2.05, 4.69) is 30.2 Å².